The molecule has 0 unspecified atom stereocenters. The van der Waals surface area contributed by atoms with Gasteiger partial charge in [0.25, 0.3) is 0 Å². The molecular formula is C18H27N5. The second kappa shape index (κ2) is 7.90. The Morgan fingerprint density at radius 1 is 1.04 bits per heavy atom. The van der Waals surface area contributed by atoms with Gasteiger partial charge >= 0.3 is 0 Å². The molecule has 23 heavy (non-hydrogen) atoms. The molecule has 2 N–H and O–H groups in total. The van der Waals surface area contributed by atoms with E-state index in [1.807, 2.05) is 12.1 Å². The third-order valence-electron chi connectivity index (χ3n) is 3.65. The lowest BCUT2D eigenvalue weighted by molar-refractivity contribution is 0.590. The first-order valence-electron chi connectivity index (χ1n) is 8.30. The number of anilines is 3. The number of unbranched alkanes of at least 4 members (excludes halogenated alkanes) is 2. The van der Waals surface area contributed by atoms with Crippen LogP contribution in [-0.4, -0.2) is 21.7 Å². The van der Waals surface area contributed by atoms with E-state index < -0.39 is 0 Å². The van der Waals surface area contributed by atoms with E-state index in [-0.39, 0.29) is 5.41 Å². The van der Waals surface area contributed by atoms with Gasteiger partial charge in [0.05, 0.1) is 6.20 Å². The molecule has 0 saturated carbocycles. The summed E-state index contributed by atoms with van der Waals surface area (Å²) >= 11 is 0. The van der Waals surface area contributed by atoms with Crippen molar-refractivity contribution in [3.05, 3.63) is 36.0 Å². The van der Waals surface area contributed by atoms with Gasteiger partial charge in [0.1, 0.15) is 0 Å². The van der Waals surface area contributed by atoms with Crippen LogP contribution in [0.15, 0.2) is 30.5 Å². The Morgan fingerprint density at radius 3 is 2.43 bits per heavy atom. The van der Waals surface area contributed by atoms with Crippen LogP contribution in [0.3, 0.4) is 0 Å². The van der Waals surface area contributed by atoms with Crippen LogP contribution in [0.1, 0.15) is 52.5 Å². The predicted molar refractivity (Wildman–Crippen MR) is 96.3 cm³/mol. The van der Waals surface area contributed by atoms with Crippen LogP contribution in [-0.2, 0) is 5.41 Å². The number of benzene rings is 1. The van der Waals surface area contributed by atoms with E-state index in [1.165, 1.54) is 18.4 Å². The van der Waals surface area contributed by atoms with E-state index in [2.05, 4.69) is 65.6 Å². The minimum Gasteiger partial charge on any atom is -0.369 e. The van der Waals surface area contributed by atoms with Gasteiger partial charge in [0.15, 0.2) is 5.82 Å². The predicted octanol–water partition coefficient (Wildman–Crippen LogP) is 4.51. The number of rotatable bonds is 7. The summed E-state index contributed by atoms with van der Waals surface area (Å²) < 4.78 is 0. The quantitative estimate of drug-likeness (QED) is 0.736. The molecule has 1 aromatic heterocycles. The number of hydrogen-bond acceptors (Lipinski definition) is 5. The van der Waals surface area contributed by atoms with Crippen LogP contribution >= 0.6 is 0 Å². The Morgan fingerprint density at radius 2 is 1.78 bits per heavy atom. The molecule has 0 aliphatic rings. The van der Waals surface area contributed by atoms with Crippen LogP contribution < -0.4 is 10.6 Å². The van der Waals surface area contributed by atoms with Gasteiger partial charge in [-0.1, -0.05) is 52.7 Å². The maximum absolute atomic E-state index is 4.44. The molecule has 0 bridgehead atoms. The molecule has 0 fully saturated rings. The highest BCUT2D eigenvalue weighted by Gasteiger charge is 2.12. The van der Waals surface area contributed by atoms with Gasteiger partial charge in [0.2, 0.25) is 5.95 Å². The van der Waals surface area contributed by atoms with Crippen LogP contribution in [0.5, 0.6) is 0 Å². The molecule has 2 aromatic rings. The average molecular weight is 313 g/mol. The highest BCUT2D eigenvalue weighted by atomic mass is 15.3. The van der Waals surface area contributed by atoms with Crippen molar-refractivity contribution < 1.29 is 0 Å². The van der Waals surface area contributed by atoms with Gasteiger partial charge in [0, 0.05) is 12.2 Å². The second-order valence-electron chi connectivity index (χ2n) is 6.75. The summed E-state index contributed by atoms with van der Waals surface area (Å²) in [6.45, 7) is 9.72. The van der Waals surface area contributed by atoms with Gasteiger partial charge < -0.3 is 10.6 Å². The third kappa shape index (κ3) is 5.51. The standard InChI is InChI=1S/C18H27N5/c1-5-6-7-12-19-16-13-20-23-17(22-16)21-15-10-8-14(9-11-15)18(2,3)4/h8-11,13H,5-7,12H2,1-4H3,(H2,19,21,22,23). The Hall–Kier alpha value is -2.17. The lowest BCUT2D eigenvalue weighted by Gasteiger charge is -2.19. The van der Waals surface area contributed by atoms with Crippen molar-refractivity contribution in [1.29, 1.82) is 0 Å². The molecule has 0 radical (unpaired) electrons. The number of nitrogens with zero attached hydrogens (tertiary/aromatic N) is 3. The largest absolute Gasteiger partial charge is 0.369 e. The van der Waals surface area contributed by atoms with Gasteiger partial charge in [-0.3, -0.25) is 0 Å². The van der Waals surface area contributed by atoms with E-state index >= 15 is 0 Å². The van der Waals surface area contributed by atoms with Crippen molar-refractivity contribution in [1.82, 2.24) is 15.2 Å². The van der Waals surface area contributed by atoms with E-state index in [4.69, 9.17) is 0 Å². The Labute approximate surface area is 139 Å². The van der Waals surface area contributed by atoms with Crippen molar-refractivity contribution in [2.24, 2.45) is 0 Å². The maximum Gasteiger partial charge on any atom is 0.249 e. The summed E-state index contributed by atoms with van der Waals surface area (Å²) in [6, 6.07) is 8.35. The Balaban J connectivity index is 1.97. The maximum atomic E-state index is 4.44. The molecule has 0 aliphatic carbocycles. The minimum absolute atomic E-state index is 0.152. The van der Waals surface area contributed by atoms with E-state index in [1.54, 1.807) is 6.20 Å². The van der Waals surface area contributed by atoms with E-state index in [0.29, 0.717) is 5.95 Å². The molecule has 0 saturated heterocycles. The molecular weight excluding hydrogens is 286 g/mol. The zero-order valence-corrected chi connectivity index (χ0v) is 14.6. The third-order valence-corrected chi connectivity index (χ3v) is 3.65. The first kappa shape index (κ1) is 17.2. The molecule has 124 valence electrons. The summed E-state index contributed by atoms with van der Waals surface area (Å²) in [5, 5.41) is 14.5. The van der Waals surface area contributed by atoms with Gasteiger partial charge in [-0.15, -0.1) is 5.10 Å². The van der Waals surface area contributed by atoms with Crippen LogP contribution in [0.4, 0.5) is 17.5 Å². The lowest BCUT2D eigenvalue weighted by Crippen LogP contribution is -2.10. The van der Waals surface area contributed by atoms with Crippen LogP contribution in [0.2, 0.25) is 0 Å². The first-order chi connectivity index (χ1) is 11.0. The summed E-state index contributed by atoms with van der Waals surface area (Å²) in [5.41, 5.74) is 2.41. The highest BCUT2D eigenvalue weighted by molar-refractivity contribution is 5.55. The SMILES string of the molecule is CCCCCNc1cnnc(Nc2ccc(C(C)(C)C)cc2)n1. The average Bonchev–Trinajstić information content (AvgIpc) is 2.52. The fourth-order valence-electron chi connectivity index (χ4n) is 2.22. The zero-order chi connectivity index (χ0) is 16.7. The van der Waals surface area contributed by atoms with Crippen molar-refractivity contribution in [3.63, 3.8) is 0 Å². The molecule has 2 rings (SSSR count). The highest BCUT2D eigenvalue weighted by Crippen LogP contribution is 2.24. The summed E-state index contributed by atoms with van der Waals surface area (Å²) in [7, 11) is 0. The summed E-state index contributed by atoms with van der Waals surface area (Å²) in [4.78, 5) is 4.44. The fourth-order valence-corrected chi connectivity index (χ4v) is 2.22. The monoisotopic (exact) mass is 313 g/mol. The molecule has 5 nitrogen and oxygen atoms in total. The summed E-state index contributed by atoms with van der Waals surface area (Å²) in [5.74, 6) is 1.26. The van der Waals surface area contributed by atoms with Gasteiger partial charge in [-0.05, 0) is 29.5 Å². The zero-order valence-electron chi connectivity index (χ0n) is 14.6. The molecule has 1 heterocycles. The fraction of sp³-hybridized carbons (Fsp3) is 0.500. The normalized spacial score (nSPS) is 11.3. The Kier molecular flexibility index (Phi) is 5.90. The summed E-state index contributed by atoms with van der Waals surface area (Å²) in [6.07, 6.45) is 5.22. The van der Waals surface area contributed by atoms with Gasteiger partial charge in [-0.2, -0.15) is 10.1 Å². The number of hydrogen-bond donors (Lipinski definition) is 2. The second-order valence-corrected chi connectivity index (χ2v) is 6.75. The van der Waals surface area contributed by atoms with Crippen molar-refractivity contribution in [2.75, 3.05) is 17.2 Å². The van der Waals surface area contributed by atoms with Crippen LogP contribution in [0, 0.1) is 0 Å². The van der Waals surface area contributed by atoms with E-state index in [9.17, 15) is 0 Å². The molecule has 0 spiro atoms. The minimum atomic E-state index is 0.152. The molecule has 0 amide bonds. The molecule has 0 aliphatic heterocycles. The van der Waals surface area contributed by atoms with Crippen LogP contribution in [0.25, 0.3) is 0 Å². The van der Waals surface area contributed by atoms with E-state index in [0.717, 1.165) is 24.5 Å². The van der Waals surface area contributed by atoms with Crippen molar-refractivity contribution in [2.45, 2.75) is 52.4 Å². The topological polar surface area (TPSA) is 62.7 Å². The Bertz CT molecular complexity index is 602. The smallest absolute Gasteiger partial charge is 0.249 e. The van der Waals surface area contributed by atoms with Crippen molar-refractivity contribution in [3.8, 4) is 0 Å². The number of nitrogens with one attached hydrogen (secondary N) is 2. The first-order valence-corrected chi connectivity index (χ1v) is 8.30. The van der Waals surface area contributed by atoms with Crippen molar-refractivity contribution >= 4 is 17.5 Å². The lowest BCUT2D eigenvalue weighted by atomic mass is 9.87. The molecule has 0 atom stereocenters. The molecule has 5 heteroatoms. The molecule has 1 aromatic carbocycles. The van der Waals surface area contributed by atoms with Gasteiger partial charge in [-0.25, -0.2) is 0 Å². The number of aromatic nitrogens is 3.